The van der Waals surface area contributed by atoms with E-state index in [0.29, 0.717) is 21.8 Å². The third-order valence-corrected chi connectivity index (χ3v) is 4.94. The van der Waals surface area contributed by atoms with Crippen LogP contribution in [0.2, 0.25) is 5.02 Å². The van der Waals surface area contributed by atoms with Crippen molar-refractivity contribution in [1.82, 2.24) is 14.9 Å². The molecule has 7 nitrogen and oxygen atoms in total. The molecule has 3 aromatic rings. The van der Waals surface area contributed by atoms with Crippen molar-refractivity contribution in [3.8, 4) is 5.75 Å². The van der Waals surface area contributed by atoms with Gasteiger partial charge >= 0.3 is 0 Å². The number of rotatable bonds is 7. The van der Waals surface area contributed by atoms with Crippen LogP contribution in [0.3, 0.4) is 0 Å². The van der Waals surface area contributed by atoms with Crippen molar-refractivity contribution in [2.75, 3.05) is 23.5 Å². The molecule has 0 bridgehead atoms. The van der Waals surface area contributed by atoms with Crippen LogP contribution in [-0.2, 0) is 11.4 Å². The second-order valence-corrected chi connectivity index (χ2v) is 6.97. The maximum Gasteiger partial charge on any atom is 0.237 e. The Morgan fingerprint density at radius 3 is 2.59 bits per heavy atom. The molecule has 9 heteroatoms. The fraction of sp³-hybridized carbons (Fsp3) is 0.167. The second kappa shape index (κ2) is 8.79. The van der Waals surface area contributed by atoms with Crippen molar-refractivity contribution >= 4 is 35.0 Å². The van der Waals surface area contributed by atoms with Crippen LogP contribution in [0.5, 0.6) is 5.75 Å². The predicted octanol–water partition coefficient (Wildman–Crippen LogP) is 2.98. The van der Waals surface area contributed by atoms with Gasteiger partial charge in [0.2, 0.25) is 11.1 Å². The number of hydrogen-bond acceptors (Lipinski definition) is 6. The van der Waals surface area contributed by atoms with Gasteiger partial charge in [-0.15, -0.1) is 10.2 Å². The van der Waals surface area contributed by atoms with Crippen LogP contribution < -0.4 is 15.5 Å². The lowest BCUT2D eigenvalue weighted by molar-refractivity contribution is -0.115. The van der Waals surface area contributed by atoms with Crippen LogP contribution in [0.25, 0.3) is 0 Å². The highest BCUT2D eigenvalue weighted by Crippen LogP contribution is 2.19. The van der Waals surface area contributed by atoms with Gasteiger partial charge in [0.15, 0.2) is 5.82 Å². The van der Waals surface area contributed by atoms with Crippen LogP contribution in [0.15, 0.2) is 59.8 Å². The van der Waals surface area contributed by atoms with Gasteiger partial charge in [0.05, 0.1) is 5.75 Å². The number of para-hydroxylation sites is 1. The molecular weight excluding hydrogens is 386 g/mol. The zero-order chi connectivity index (χ0) is 19.2. The van der Waals surface area contributed by atoms with E-state index in [1.165, 1.54) is 16.4 Å². The molecule has 0 saturated carbocycles. The van der Waals surface area contributed by atoms with Gasteiger partial charge in [0.1, 0.15) is 12.4 Å². The summed E-state index contributed by atoms with van der Waals surface area (Å²) in [5.41, 5.74) is 0.828. The van der Waals surface area contributed by atoms with Gasteiger partial charge in [-0.1, -0.05) is 41.6 Å². The van der Waals surface area contributed by atoms with Crippen molar-refractivity contribution < 1.29 is 9.53 Å². The summed E-state index contributed by atoms with van der Waals surface area (Å²) in [5.74, 6) is 7.25. The number of aromatic nitrogens is 3. The average molecular weight is 404 g/mol. The maximum atomic E-state index is 12.3. The molecule has 0 aliphatic heterocycles. The van der Waals surface area contributed by atoms with E-state index >= 15 is 0 Å². The third kappa shape index (κ3) is 4.93. The molecule has 3 rings (SSSR count). The van der Waals surface area contributed by atoms with E-state index in [2.05, 4.69) is 10.2 Å². The molecule has 2 N–H and O–H groups in total. The quantitative estimate of drug-likeness (QED) is 0.482. The molecule has 2 aromatic carbocycles. The summed E-state index contributed by atoms with van der Waals surface area (Å²) >= 11 is 7.07. The number of nitrogen functional groups attached to an aromatic ring is 1. The molecule has 0 unspecified atom stereocenters. The van der Waals surface area contributed by atoms with Crippen LogP contribution in [-0.4, -0.2) is 33.6 Å². The SMILES string of the molecule is CN(C(=O)CSc1nnc(COc2ccc(Cl)cc2)n1N)c1ccccc1. The van der Waals surface area contributed by atoms with E-state index in [4.69, 9.17) is 22.2 Å². The molecule has 0 aliphatic rings. The molecule has 0 saturated heterocycles. The van der Waals surface area contributed by atoms with Gasteiger partial charge in [-0.25, -0.2) is 4.68 Å². The van der Waals surface area contributed by atoms with E-state index in [1.807, 2.05) is 30.3 Å². The first-order valence-corrected chi connectivity index (χ1v) is 9.43. The number of halogens is 1. The third-order valence-electron chi connectivity index (χ3n) is 3.76. The lowest BCUT2D eigenvalue weighted by atomic mass is 10.3. The van der Waals surface area contributed by atoms with E-state index in [-0.39, 0.29) is 18.3 Å². The van der Waals surface area contributed by atoms with Gasteiger partial charge < -0.3 is 15.5 Å². The lowest BCUT2D eigenvalue weighted by Gasteiger charge is -2.16. The number of benzene rings is 2. The first kappa shape index (κ1) is 19.1. The fourth-order valence-corrected chi connectivity index (χ4v) is 3.12. The highest BCUT2D eigenvalue weighted by molar-refractivity contribution is 7.99. The average Bonchev–Trinajstić information content (AvgIpc) is 3.05. The minimum absolute atomic E-state index is 0.0619. The summed E-state index contributed by atoms with van der Waals surface area (Å²) in [7, 11) is 1.73. The molecule has 0 atom stereocenters. The Hall–Kier alpha value is -2.71. The summed E-state index contributed by atoms with van der Waals surface area (Å²) in [5, 5.41) is 9.12. The Labute approximate surface area is 166 Å². The minimum Gasteiger partial charge on any atom is -0.486 e. The van der Waals surface area contributed by atoms with Crippen molar-refractivity contribution in [1.29, 1.82) is 0 Å². The zero-order valence-electron chi connectivity index (χ0n) is 14.6. The van der Waals surface area contributed by atoms with Crippen molar-refractivity contribution in [2.24, 2.45) is 0 Å². The van der Waals surface area contributed by atoms with E-state index in [1.54, 1.807) is 36.2 Å². The summed E-state index contributed by atoms with van der Waals surface area (Å²) in [4.78, 5) is 13.9. The summed E-state index contributed by atoms with van der Waals surface area (Å²) in [6.45, 7) is 0.156. The number of anilines is 1. The molecule has 1 heterocycles. The van der Waals surface area contributed by atoms with Crippen LogP contribution >= 0.6 is 23.4 Å². The van der Waals surface area contributed by atoms with E-state index < -0.39 is 0 Å². The highest BCUT2D eigenvalue weighted by Gasteiger charge is 2.15. The number of thioether (sulfide) groups is 1. The Bertz CT molecular complexity index is 902. The molecule has 0 spiro atoms. The number of nitrogens with zero attached hydrogens (tertiary/aromatic N) is 4. The molecule has 0 fully saturated rings. The van der Waals surface area contributed by atoms with Gasteiger partial charge in [0, 0.05) is 17.8 Å². The fourth-order valence-electron chi connectivity index (χ4n) is 2.20. The van der Waals surface area contributed by atoms with Gasteiger partial charge in [-0.05, 0) is 36.4 Å². The normalized spacial score (nSPS) is 10.6. The van der Waals surface area contributed by atoms with Crippen molar-refractivity contribution in [3.63, 3.8) is 0 Å². The van der Waals surface area contributed by atoms with Crippen LogP contribution in [0.4, 0.5) is 5.69 Å². The second-order valence-electron chi connectivity index (χ2n) is 5.59. The number of carbonyl (C=O) groups is 1. The lowest BCUT2D eigenvalue weighted by Crippen LogP contribution is -2.28. The first-order chi connectivity index (χ1) is 13.0. The zero-order valence-corrected chi connectivity index (χ0v) is 16.2. The standard InChI is InChI=1S/C18H18ClN5O2S/c1-23(14-5-3-2-4-6-14)17(25)12-27-18-22-21-16(24(18)20)11-26-15-9-7-13(19)8-10-15/h2-10H,11-12,20H2,1H3. The first-order valence-electron chi connectivity index (χ1n) is 8.06. The Kier molecular flexibility index (Phi) is 6.20. The monoisotopic (exact) mass is 403 g/mol. The largest absolute Gasteiger partial charge is 0.486 e. The van der Waals surface area contributed by atoms with Crippen molar-refractivity contribution in [2.45, 2.75) is 11.8 Å². The van der Waals surface area contributed by atoms with Crippen molar-refractivity contribution in [3.05, 3.63) is 65.4 Å². The number of nitrogens with two attached hydrogens (primary N) is 1. The summed E-state index contributed by atoms with van der Waals surface area (Å²) < 4.78 is 6.95. The molecule has 0 aliphatic carbocycles. The molecule has 1 aromatic heterocycles. The van der Waals surface area contributed by atoms with Crippen LogP contribution in [0.1, 0.15) is 5.82 Å². The summed E-state index contributed by atoms with van der Waals surface area (Å²) in [6, 6.07) is 16.4. The van der Waals surface area contributed by atoms with Gasteiger partial charge in [-0.2, -0.15) is 0 Å². The molecule has 0 radical (unpaired) electrons. The number of carbonyl (C=O) groups excluding carboxylic acids is 1. The van der Waals surface area contributed by atoms with Gasteiger partial charge in [-0.3, -0.25) is 4.79 Å². The van der Waals surface area contributed by atoms with Gasteiger partial charge in [0.25, 0.3) is 0 Å². The highest BCUT2D eigenvalue weighted by atomic mass is 35.5. The predicted molar refractivity (Wildman–Crippen MR) is 107 cm³/mol. The molecular formula is C18H18ClN5O2S. The Morgan fingerprint density at radius 1 is 1.19 bits per heavy atom. The Morgan fingerprint density at radius 2 is 1.89 bits per heavy atom. The summed E-state index contributed by atoms with van der Waals surface area (Å²) in [6.07, 6.45) is 0. The maximum absolute atomic E-state index is 12.3. The number of hydrogen-bond donors (Lipinski definition) is 1. The van der Waals surface area contributed by atoms with E-state index in [9.17, 15) is 4.79 Å². The topological polar surface area (TPSA) is 86.3 Å². The number of amides is 1. The van der Waals surface area contributed by atoms with Crippen LogP contribution in [0, 0.1) is 0 Å². The smallest absolute Gasteiger partial charge is 0.237 e. The minimum atomic E-state index is -0.0619. The van der Waals surface area contributed by atoms with E-state index in [0.717, 1.165) is 5.69 Å². The number of ether oxygens (including phenoxy) is 1. The molecule has 1 amide bonds. The molecule has 27 heavy (non-hydrogen) atoms. The Balaban J connectivity index is 1.55. The molecule has 140 valence electrons.